The number of ether oxygens (including phenoxy) is 2. The first-order valence-electron chi connectivity index (χ1n) is 6.83. The maximum atomic E-state index is 12.0. The molecule has 4 heteroatoms. The van der Waals surface area contributed by atoms with E-state index < -0.39 is 23.5 Å². The Morgan fingerprint density at radius 3 is 2.67 bits per heavy atom. The molecule has 3 rings (SSSR count). The molecular weight excluding hydrogens is 268 g/mol. The third-order valence-electron chi connectivity index (χ3n) is 4.07. The minimum absolute atomic E-state index is 0.302. The molecule has 0 aromatic heterocycles. The molecule has 2 aromatic rings. The number of carbonyl (C=O) groups excluding carboxylic acids is 2. The lowest BCUT2D eigenvalue weighted by Crippen LogP contribution is -2.33. The van der Waals surface area contributed by atoms with E-state index in [0.29, 0.717) is 6.42 Å². The average Bonchev–Trinajstić information content (AvgIpc) is 2.82. The Balaban J connectivity index is 1.94. The highest BCUT2D eigenvalue weighted by atomic mass is 16.6. The summed E-state index contributed by atoms with van der Waals surface area (Å²) in [6.45, 7) is 1.57. The molecule has 4 nitrogen and oxygen atoms in total. The molecule has 1 heterocycles. The summed E-state index contributed by atoms with van der Waals surface area (Å²) in [4.78, 5) is 23.8. The Morgan fingerprint density at radius 2 is 1.95 bits per heavy atom. The Bertz CT molecular complexity index is 722. The van der Waals surface area contributed by atoms with Crippen LogP contribution in [0.2, 0.25) is 0 Å². The second kappa shape index (κ2) is 4.88. The van der Waals surface area contributed by atoms with E-state index in [9.17, 15) is 9.59 Å². The maximum absolute atomic E-state index is 12.0. The van der Waals surface area contributed by atoms with Gasteiger partial charge in [-0.15, -0.1) is 0 Å². The predicted octanol–water partition coefficient (Wildman–Crippen LogP) is 3.01. The summed E-state index contributed by atoms with van der Waals surface area (Å²) in [5.74, 6) is -1.07. The van der Waals surface area contributed by atoms with Gasteiger partial charge in [0.15, 0.2) is 5.41 Å². The summed E-state index contributed by atoms with van der Waals surface area (Å²) >= 11 is 0. The summed E-state index contributed by atoms with van der Waals surface area (Å²) in [5, 5.41) is 2.21. The van der Waals surface area contributed by atoms with Gasteiger partial charge in [0.1, 0.15) is 6.10 Å². The molecule has 0 aliphatic carbocycles. The van der Waals surface area contributed by atoms with E-state index in [-0.39, 0.29) is 0 Å². The van der Waals surface area contributed by atoms with Crippen LogP contribution in [0.1, 0.15) is 25.0 Å². The minimum atomic E-state index is -1.22. The fourth-order valence-corrected chi connectivity index (χ4v) is 2.74. The highest BCUT2D eigenvalue weighted by molar-refractivity contribution is 6.01. The van der Waals surface area contributed by atoms with E-state index in [1.807, 2.05) is 42.5 Å². The first-order chi connectivity index (χ1) is 10.0. The molecule has 1 saturated heterocycles. The van der Waals surface area contributed by atoms with Gasteiger partial charge in [-0.1, -0.05) is 36.4 Å². The number of fused-ring (bicyclic) bond motifs is 1. The molecular formula is C17H16O4. The van der Waals surface area contributed by atoms with Crippen LogP contribution in [0.4, 0.5) is 0 Å². The summed E-state index contributed by atoms with van der Waals surface area (Å²) < 4.78 is 10.1. The lowest BCUT2D eigenvalue weighted by atomic mass is 9.85. The molecule has 0 radical (unpaired) electrons. The molecule has 1 aliphatic rings. The summed E-state index contributed by atoms with van der Waals surface area (Å²) in [6.07, 6.45) is -0.108. The molecule has 0 spiro atoms. The van der Waals surface area contributed by atoms with E-state index >= 15 is 0 Å². The van der Waals surface area contributed by atoms with Crippen LogP contribution in [-0.4, -0.2) is 19.0 Å². The van der Waals surface area contributed by atoms with E-state index in [1.54, 1.807) is 6.92 Å². The summed E-state index contributed by atoms with van der Waals surface area (Å²) in [5.41, 5.74) is -0.319. The van der Waals surface area contributed by atoms with Gasteiger partial charge in [-0.05, 0) is 29.3 Å². The standard InChI is InChI=1S/C17H16O4/c1-17(15(18)20-2)10-14(21-16(17)19)13-8-7-11-5-3-4-6-12(11)9-13/h3-9,14H,10H2,1-2H3/t14-,17-/m0/s1. The third-order valence-corrected chi connectivity index (χ3v) is 4.07. The zero-order valence-corrected chi connectivity index (χ0v) is 12.0. The lowest BCUT2D eigenvalue weighted by Gasteiger charge is -2.15. The topological polar surface area (TPSA) is 52.6 Å². The highest BCUT2D eigenvalue weighted by Gasteiger charge is 2.52. The van der Waals surface area contributed by atoms with E-state index in [4.69, 9.17) is 9.47 Å². The molecule has 2 aromatic carbocycles. The smallest absolute Gasteiger partial charge is 0.323 e. The second-order valence-electron chi connectivity index (χ2n) is 5.53. The SMILES string of the molecule is COC(=O)[C@]1(C)C[C@@H](c2ccc3ccccc3c2)OC1=O. The number of hydrogen-bond acceptors (Lipinski definition) is 4. The number of rotatable bonds is 2. The third kappa shape index (κ3) is 2.17. The van der Waals surface area contributed by atoms with Gasteiger partial charge in [-0.25, -0.2) is 0 Å². The van der Waals surface area contributed by atoms with Crippen molar-refractivity contribution in [3.8, 4) is 0 Å². The van der Waals surface area contributed by atoms with Gasteiger partial charge in [0.2, 0.25) is 0 Å². The van der Waals surface area contributed by atoms with E-state index in [0.717, 1.165) is 16.3 Å². The molecule has 0 N–H and O–H groups in total. The number of hydrogen-bond donors (Lipinski definition) is 0. The fraction of sp³-hybridized carbons (Fsp3) is 0.294. The lowest BCUT2D eigenvalue weighted by molar-refractivity contribution is -0.162. The van der Waals surface area contributed by atoms with Gasteiger partial charge in [-0.3, -0.25) is 9.59 Å². The largest absolute Gasteiger partial charge is 0.468 e. The van der Waals surface area contributed by atoms with Crippen molar-refractivity contribution in [2.45, 2.75) is 19.4 Å². The summed E-state index contributed by atoms with van der Waals surface area (Å²) in [6, 6.07) is 13.9. The van der Waals surface area contributed by atoms with Gasteiger partial charge < -0.3 is 9.47 Å². The van der Waals surface area contributed by atoms with Crippen LogP contribution >= 0.6 is 0 Å². The van der Waals surface area contributed by atoms with Crippen LogP contribution in [0.5, 0.6) is 0 Å². The molecule has 0 unspecified atom stereocenters. The fourth-order valence-electron chi connectivity index (χ4n) is 2.74. The van der Waals surface area contributed by atoms with Gasteiger partial charge in [0.25, 0.3) is 0 Å². The quantitative estimate of drug-likeness (QED) is 0.628. The van der Waals surface area contributed by atoms with Crippen LogP contribution in [0.15, 0.2) is 42.5 Å². The normalized spacial score (nSPS) is 24.9. The number of cyclic esters (lactones) is 1. The number of benzene rings is 2. The predicted molar refractivity (Wildman–Crippen MR) is 77.5 cm³/mol. The molecule has 0 amide bonds. The minimum Gasteiger partial charge on any atom is -0.468 e. The van der Waals surface area contributed by atoms with Crippen molar-refractivity contribution in [3.63, 3.8) is 0 Å². The Morgan fingerprint density at radius 1 is 1.24 bits per heavy atom. The van der Waals surface area contributed by atoms with Crippen LogP contribution in [0.3, 0.4) is 0 Å². The second-order valence-corrected chi connectivity index (χ2v) is 5.53. The Hall–Kier alpha value is -2.36. The van der Waals surface area contributed by atoms with Crippen molar-refractivity contribution in [2.75, 3.05) is 7.11 Å². The van der Waals surface area contributed by atoms with E-state index in [1.165, 1.54) is 7.11 Å². The Labute approximate surface area is 122 Å². The van der Waals surface area contributed by atoms with Crippen molar-refractivity contribution < 1.29 is 19.1 Å². The van der Waals surface area contributed by atoms with Crippen molar-refractivity contribution in [3.05, 3.63) is 48.0 Å². The molecule has 108 valence electrons. The first kappa shape index (κ1) is 13.6. The molecule has 1 aliphatic heterocycles. The number of carbonyl (C=O) groups is 2. The van der Waals surface area contributed by atoms with Gasteiger partial charge in [0, 0.05) is 6.42 Å². The van der Waals surface area contributed by atoms with Crippen molar-refractivity contribution >= 4 is 22.7 Å². The summed E-state index contributed by atoms with van der Waals surface area (Å²) in [7, 11) is 1.28. The molecule has 0 saturated carbocycles. The van der Waals surface area contributed by atoms with Crippen LogP contribution in [0, 0.1) is 5.41 Å². The van der Waals surface area contributed by atoms with Gasteiger partial charge in [0.05, 0.1) is 7.11 Å². The van der Waals surface area contributed by atoms with Gasteiger partial charge in [-0.2, -0.15) is 0 Å². The molecule has 0 bridgehead atoms. The Kier molecular flexibility index (Phi) is 3.16. The maximum Gasteiger partial charge on any atom is 0.323 e. The van der Waals surface area contributed by atoms with E-state index in [2.05, 4.69) is 0 Å². The molecule has 1 fully saturated rings. The van der Waals surface area contributed by atoms with Gasteiger partial charge >= 0.3 is 11.9 Å². The van der Waals surface area contributed by atoms with Crippen molar-refractivity contribution in [1.29, 1.82) is 0 Å². The highest BCUT2D eigenvalue weighted by Crippen LogP contribution is 2.43. The first-order valence-corrected chi connectivity index (χ1v) is 6.83. The van der Waals surface area contributed by atoms with Crippen LogP contribution < -0.4 is 0 Å². The van der Waals surface area contributed by atoms with Crippen molar-refractivity contribution in [2.24, 2.45) is 5.41 Å². The average molecular weight is 284 g/mol. The molecule has 2 atom stereocenters. The molecule has 21 heavy (non-hydrogen) atoms. The van der Waals surface area contributed by atoms with Crippen LogP contribution in [0.25, 0.3) is 10.8 Å². The zero-order valence-electron chi connectivity index (χ0n) is 12.0. The van der Waals surface area contributed by atoms with Crippen molar-refractivity contribution in [1.82, 2.24) is 0 Å². The number of methoxy groups -OCH3 is 1. The number of esters is 2. The monoisotopic (exact) mass is 284 g/mol. The van der Waals surface area contributed by atoms with Crippen LogP contribution in [-0.2, 0) is 19.1 Å². The zero-order chi connectivity index (χ0) is 15.0.